The molecule has 0 saturated carbocycles. The second-order valence-corrected chi connectivity index (χ2v) is 8.29. The van der Waals surface area contributed by atoms with Crippen molar-refractivity contribution in [3.8, 4) is 22.5 Å². The number of hydrogen-bond acceptors (Lipinski definition) is 3. The fraction of sp³-hybridized carbons (Fsp3) is 0.160. The van der Waals surface area contributed by atoms with Gasteiger partial charge in [0.25, 0.3) is 5.91 Å². The number of carbonyl (C=O) groups is 1. The number of rotatable bonds is 4. The molecule has 172 valence electrons. The molecule has 5 rings (SSSR count). The van der Waals surface area contributed by atoms with Crippen LogP contribution in [-0.2, 0) is 25.6 Å². The fourth-order valence-electron chi connectivity index (χ4n) is 4.36. The van der Waals surface area contributed by atoms with E-state index in [1.807, 2.05) is 36.4 Å². The van der Waals surface area contributed by atoms with E-state index in [0.717, 1.165) is 17.2 Å². The molecular formula is C25H18ClF3N4O. The lowest BCUT2D eigenvalue weighted by Crippen LogP contribution is -2.24. The third kappa shape index (κ3) is 3.64. The molecule has 4 aromatic rings. The zero-order valence-corrected chi connectivity index (χ0v) is 18.7. The fourth-order valence-corrected chi connectivity index (χ4v) is 4.52. The van der Waals surface area contributed by atoms with Gasteiger partial charge in [0.1, 0.15) is 6.33 Å². The minimum Gasteiger partial charge on any atom is -0.317 e. The van der Waals surface area contributed by atoms with Gasteiger partial charge in [-0.3, -0.25) is 4.79 Å². The summed E-state index contributed by atoms with van der Waals surface area (Å²) in [7, 11) is 1.77. The summed E-state index contributed by atoms with van der Waals surface area (Å²) >= 11 is 5.84. The molecule has 1 aliphatic heterocycles. The Bertz CT molecular complexity index is 1400. The van der Waals surface area contributed by atoms with E-state index >= 15 is 0 Å². The van der Waals surface area contributed by atoms with Crippen LogP contribution in [0.5, 0.6) is 0 Å². The SMILES string of the molecule is Cn1cnnc1-c1c(-c2ccccc2)cccc1N1Cc2c(cc(CCl)cc2C(F)(F)F)C1=O. The third-order valence-corrected chi connectivity index (χ3v) is 6.22. The molecular weight excluding hydrogens is 465 g/mol. The average molecular weight is 483 g/mol. The predicted molar refractivity (Wildman–Crippen MR) is 123 cm³/mol. The molecule has 1 aliphatic rings. The highest BCUT2D eigenvalue weighted by Crippen LogP contribution is 2.44. The summed E-state index contributed by atoms with van der Waals surface area (Å²) in [5.41, 5.74) is 2.10. The Labute approximate surface area is 198 Å². The molecule has 0 atom stereocenters. The number of nitrogens with zero attached hydrogens (tertiary/aromatic N) is 4. The smallest absolute Gasteiger partial charge is 0.317 e. The number of fused-ring (bicyclic) bond motifs is 1. The first kappa shape index (κ1) is 22.2. The number of carbonyl (C=O) groups excluding carboxylic acids is 1. The van der Waals surface area contributed by atoms with Crippen LogP contribution in [0.2, 0.25) is 0 Å². The Hall–Kier alpha value is -3.65. The van der Waals surface area contributed by atoms with Crippen LogP contribution in [0, 0.1) is 0 Å². The van der Waals surface area contributed by atoms with E-state index in [4.69, 9.17) is 11.6 Å². The quantitative estimate of drug-likeness (QED) is 0.332. The summed E-state index contributed by atoms with van der Waals surface area (Å²) in [5.74, 6) is -0.145. The largest absolute Gasteiger partial charge is 0.416 e. The number of amides is 1. The lowest BCUT2D eigenvalue weighted by Gasteiger charge is -2.22. The number of halogens is 4. The lowest BCUT2D eigenvalue weighted by molar-refractivity contribution is -0.138. The van der Waals surface area contributed by atoms with E-state index in [0.29, 0.717) is 17.1 Å². The van der Waals surface area contributed by atoms with Crippen molar-refractivity contribution >= 4 is 23.2 Å². The van der Waals surface area contributed by atoms with Crippen molar-refractivity contribution in [1.82, 2.24) is 14.8 Å². The van der Waals surface area contributed by atoms with Crippen molar-refractivity contribution in [2.75, 3.05) is 4.90 Å². The Morgan fingerprint density at radius 1 is 1.03 bits per heavy atom. The summed E-state index contributed by atoms with van der Waals surface area (Å²) in [6.45, 7) is -0.214. The number of aryl methyl sites for hydroxylation is 1. The van der Waals surface area contributed by atoms with Crippen LogP contribution in [0.15, 0.2) is 67.0 Å². The Morgan fingerprint density at radius 2 is 1.79 bits per heavy atom. The van der Waals surface area contributed by atoms with Crippen molar-refractivity contribution in [2.45, 2.75) is 18.6 Å². The maximum Gasteiger partial charge on any atom is 0.416 e. The molecule has 0 unspecified atom stereocenters. The van der Waals surface area contributed by atoms with E-state index in [2.05, 4.69) is 10.2 Å². The zero-order valence-electron chi connectivity index (χ0n) is 18.0. The van der Waals surface area contributed by atoms with Gasteiger partial charge in [0, 0.05) is 18.5 Å². The third-order valence-electron chi connectivity index (χ3n) is 5.91. The lowest BCUT2D eigenvalue weighted by atomic mass is 9.97. The van der Waals surface area contributed by atoms with E-state index < -0.39 is 17.6 Å². The maximum atomic E-state index is 13.9. The summed E-state index contributed by atoms with van der Waals surface area (Å²) in [6.07, 6.45) is -3.07. The van der Waals surface area contributed by atoms with Gasteiger partial charge in [-0.25, -0.2) is 0 Å². The molecule has 2 heterocycles. The maximum absolute atomic E-state index is 13.9. The second-order valence-electron chi connectivity index (χ2n) is 8.02. The predicted octanol–water partition coefficient (Wildman–Crippen LogP) is 6.07. The van der Waals surface area contributed by atoms with Gasteiger partial charge in [-0.15, -0.1) is 21.8 Å². The van der Waals surface area contributed by atoms with Gasteiger partial charge in [-0.1, -0.05) is 42.5 Å². The molecule has 1 aromatic heterocycles. The molecule has 0 fully saturated rings. The highest BCUT2D eigenvalue weighted by atomic mass is 35.5. The van der Waals surface area contributed by atoms with Crippen LogP contribution < -0.4 is 4.90 Å². The molecule has 3 aromatic carbocycles. The minimum atomic E-state index is -4.61. The molecule has 34 heavy (non-hydrogen) atoms. The Balaban J connectivity index is 1.72. The molecule has 1 amide bonds. The van der Waals surface area contributed by atoms with Crippen molar-refractivity contribution < 1.29 is 18.0 Å². The number of benzene rings is 3. The molecule has 0 N–H and O–H groups in total. The molecule has 9 heteroatoms. The van der Waals surface area contributed by atoms with Crippen LogP contribution in [0.1, 0.15) is 27.0 Å². The first-order valence-corrected chi connectivity index (χ1v) is 11.0. The van der Waals surface area contributed by atoms with Gasteiger partial charge >= 0.3 is 6.18 Å². The van der Waals surface area contributed by atoms with Gasteiger partial charge in [0.15, 0.2) is 5.82 Å². The molecule has 0 aliphatic carbocycles. The number of hydrogen-bond donors (Lipinski definition) is 0. The first-order valence-electron chi connectivity index (χ1n) is 10.4. The van der Waals surface area contributed by atoms with Crippen molar-refractivity contribution in [1.29, 1.82) is 0 Å². The number of anilines is 1. The van der Waals surface area contributed by atoms with Gasteiger partial charge in [0.05, 0.1) is 23.4 Å². The van der Waals surface area contributed by atoms with Crippen LogP contribution in [0.4, 0.5) is 18.9 Å². The summed E-state index contributed by atoms with van der Waals surface area (Å²) < 4.78 is 43.3. The molecule has 0 spiro atoms. The average Bonchev–Trinajstić information content (AvgIpc) is 3.40. The second kappa shape index (κ2) is 8.29. The monoisotopic (exact) mass is 482 g/mol. The number of alkyl halides is 4. The van der Waals surface area contributed by atoms with Crippen LogP contribution >= 0.6 is 11.6 Å². The Morgan fingerprint density at radius 3 is 2.44 bits per heavy atom. The highest BCUT2D eigenvalue weighted by molar-refractivity contribution is 6.17. The van der Waals surface area contributed by atoms with E-state index in [-0.39, 0.29) is 29.1 Å². The van der Waals surface area contributed by atoms with Crippen LogP contribution in [0.25, 0.3) is 22.5 Å². The highest BCUT2D eigenvalue weighted by Gasteiger charge is 2.41. The molecule has 0 saturated heterocycles. The summed E-state index contributed by atoms with van der Waals surface area (Å²) in [6, 6.07) is 17.4. The van der Waals surface area contributed by atoms with Crippen molar-refractivity contribution in [3.05, 3.63) is 89.2 Å². The topological polar surface area (TPSA) is 51.0 Å². The van der Waals surface area contributed by atoms with Gasteiger partial charge < -0.3 is 9.47 Å². The standard InChI is InChI=1S/C25H18ClF3N4O/c1-32-14-30-31-23(32)22-17(16-6-3-2-4-7-16)8-5-9-21(22)33-13-19-18(24(33)34)10-15(12-26)11-20(19)25(27,28)29/h2-11,14H,12-13H2,1H3. The van der Waals surface area contributed by atoms with Crippen molar-refractivity contribution in [3.63, 3.8) is 0 Å². The van der Waals surface area contributed by atoms with Crippen LogP contribution in [-0.4, -0.2) is 20.7 Å². The summed E-state index contributed by atoms with van der Waals surface area (Å²) in [5, 5.41) is 8.21. The van der Waals surface area contributed by atoms with Gasteiger partial charge in [0.2, 0.25) is 0 Å². The first-order chi connectivity index (χ1) is 16.3. The van der Waals surface area contributed by atoms with E-state index in [1.54, 1.807) is 23.7 Å². The minimum absolute atomic E-state index is 0.0134. The zero-order chi connectivity index (χ0) is 24.0. The molecule has 5 nitrogen and oxygen atoms in total. The van der Waals surface area contributed by atoms with Gasteiger partial charge in [-0.2, -0.15) is 13.2 Å². The van der Waals surface area contributed by atoms with Crippen molar-refractivity contribution in [2.24, 2.45) is 7.05 Å². The summed E-state index contributed by atoms with van der Waals surface area (Å²) in [4.78, 5) is 14.8. The Kier molecular flexibility index (Phi) is 5.40. The number of aromatic nitrogens is 3. The molecule has 0 bridgehead atoms. The van der Waals surface area contributed by atoms with Crippen LogP contribution in [0.3, 0.4) is 0 Å². The van der Waals surface area contributed by atoms with Gasteiger partial charge in [-0.05, 0) is 40.5 Å². The molecule has 0 radical (unpaired) electrons. The normalized spacial score (nSPS) is 13.4. The van der Waals surface area contributed by atoms with E-state index in [9.17, 15) is 18.0 Å². The van der Waals surface area contributed by atoms with E-state index in [1.165, 1.54) is 17.3 Å².